The van der Waals surface area contributed by atoms with Gasteiger partial charge >= 0.3 is 0 Å². The Morgan fingerprint density at radius 2 is 1.50 bits per heavy atom. The summed E-state index contributed by atoms with van der Waals surface area (Å²) in [6.45, 7) is 0. The summed E-state index contributed by atoms with van der Waals surface area (Å²) in [5.41, 5.74) is 4.78. The number of hydrogen-bond donors (Lipinski definition) is 4. The molecule has 86 valence electrons. The Morgan fingerprint density at radius 3 is 1.88 bits per heavy atom. The van der Waals surface area contributed by atoms with Gasteiger partial charge in [-0.15, -0.1) is 0 Å². The zero-order valence-electron chi connectivity index (χ0n) is 8.08. The molecule has 5 nitrogen and oxygen atoms in total. The van der Waals surface area contributed by atoms with Crippen molar-refractivity contribution < 1.29 is 14.4 Å². The minimum atomic E-state index is -0.649. The van der Waals surface area contributed by atoms with E-state index >= 15 is 0 Å². The van der Waals surface area contributed by atoms with Crippen LogP contribution >= 0.6 is 25.3 Å². The molecule has 0 aliphatic rings. The van der Waals surface area contributed by atoms with Crippen molar-refractivity contribution in [2.24, 2.45) is 5.73 Å². The lowest BCUT2D eigenvalue weighted by molar-refractivity contribution is 0.0969. The number of primary amides is 1. The molecule has 0 saturated carbocycles. The fourth-order valence-electron chi connectivity index (χ4n) is 0.759. The van der Waals surface area contributed by atoms with E-state index in [4.69, 9.17) is 4.79 Å². The number of hydrogen-bond acceptors (Lipinski definition) is 3. The molecule has 0 atom stereocenters. The SMILES string of the molecule is NC(=O)S.O=C(S)NC(=O)c1ccccc1. The van der Waals surface area contributed by atoms with E-state index in [2.05, 4.69) is 31.0 Å². The van der Waals surface area contributed by atoms with Gasteiger partial charge in [0.25, 0.3) is 16.4 Å². The number of carbonyl (C=O) groups excluding carboxylic acids is 3. The molecule has 1 aromatic carbocycles. The van der Waals surface area contributed by atoms with Crippen molar-refractivity contribution in [3.05, 3.63) is 35.9 Å². The molecule has 3 N–H and O–H groups in total. The van der Waals surface area contributed by atoms with Gasteiger partial charge in [0.05, 0.1) is 0 Å². The molecule has 0 heterocycles. The number of benzene rings is 1. The van der Waals surface area contributed by atoms with Crippen molar-refractivity contribution in [3.63, 3.8) is 0 Å². The molecule has 0 aliphatic heterocycles. The number of amides is 3. The predicted octanol–water partition coefficient (Wildman–Crippen LogP) is 1.46. The van der Waals surface area contributed by atoms with Crippen molar-refractivity contribution in [1.29, 1.82) is 0 Å². The van der Waals surface area contributed by atoms with E-state index in [0.717, 1.165) is 0 Å². The summed E-state index contributed by atoms with van der Waals surface area (Å²) in [4.78, 5) is 30.5. The molecular weight excluding hydrogens is 248 g/mol. The lowest BCUT2D eigenvalue weighted by Crippen LogP contribution is -2.25. The molecule has 0 spiro atoms. The lowest BCUT2D eigenvalue weighted by atomic mass is 10.2. The molecular formula is C9H10N2O3S2. The van der Waals surface area contributed by atoms with Gasteiger partial charge in [0.15, 0.2) is 0 Å². The number of thiol groups is 2. The average molecular weight is 258 g/mol. The van der Waals surface area contributed by atoms with Gasteiger partial charge in [-0.25, -0.2) is 0 Å². The van der Waals surface area contributed by atoms with Crippen LogP contribution in [0, 0.1) is 0 Å². The highest BCUT2D eigenvalue weighted by Gasteiger charge is 2.05. The Labute approximate surface area is 103 Å². The van der Waals surface area contributed by atoms with Crippen molar-refractivity contribution in [2.45, 2.75) is 0 Å². The molecule has 0 bridgehead atoms. The van der Waals surface area contributed by atoms with Gasteiger partial charge in [0.2, 0.25) is 0 Å². The van der Waals surface area contributed by atoms with E-state index in [-0.39, 0.29) is 0 Å². The maximum Gasteiger partial charge on any atom is 0.282 e. The second kappa shape index (κ2) is 7.77. The van der Waals surface area contributed by atoms with E-state index in [0.29, 0.717) is 5.56 Å². The average Bonchev–Trinajstić information content (AvgIpc) is 2.17. The molecule has 0 fully saturated rings. The Hall–Kier alpha value is -1.47. The summed E-state index contributed by atoms with van der Waals surface area (Å²) in [5.74, 6) is -0.435. The fourth-order valence-corrected chi connectivity index (χ4v) is 0.860. The van der Waals surface area contributed by atoms with Crippen molar-refractivity contribution in [1.82, 2.24) is 5.32 Å². The maximum atomic E-state index is 11.1. The molecule has 0 aliphatic carbocycles. The zero-order valence-corrected chi connectivity index (χ0v) is 9.87. The van der Waals surface area contributed by atoms with Crippen LogP contribution in [-0.4, -0.2) is 16.4 Å². The van der Waals surface area contributed by atoms with Gasteiger partial charge in [-0.2, -0.15) is 0 Å². The van der Waals surface area contributed by atoms with Crippen LogP contribution in [0.3, 0.4) is 0 Å². The molecule has 0 saturated heterocycles. The number of nitrogens with two attached hydrogens (primary N) is 1. The molecule has 1 aromatic rings. The third-order valence-corrected chi connectivity index (χ3v) is 1.37. The smallest absolute Gasteiger partial charge is 0.282 e. The first-order valence-corrected chi connectivity index (χ1v) is 4.90. The van der Waals surface area contributed by atoms with Crippen LogP contribution in [0.5, 0.6) is 0 Å². The number of carbonyl (C=O) groups is 3. The first-order valence-electron chi connectivity index (χ1n) is 4.01. The number of imide groups is 1. The van der Waals surface area contributed by atoms with E-state index in [1.165, 1.54) is 0 Å². The van der Waals surface area contributed by atoms with E-state index in [9.17, 15) is 9.59 Å². The normalized spacial score (nSPS) is 8.38. The van der Waals surface area contributed by atoms with Gasteiger partial charge in [-0.05, 0) is 12.1 Å². The molecule has 1 rings (SSSR count). The third kappa shape index (κ3) is 7.89. The van der Waals surface area contributed by atoms with Crippen LogP contribution in [0.2, 0.25) is 0 Å². The van der Waals surface area contributed by atoms with Gasteiger partial charge in [0, 0.05) is 5.56 Å². The van der Waals surface area contributed by atoms with Gasteiger partial charge < -0.3 is 5.73 Å². The highest BCUT2D eigenvalue weighted by atomic mass is 32.1. The van der Waals surface area contributed by atoms with Gasteiger partial charge in [-0.3, -0.25) is 19.7 Å². The molecule has 3 amide bonds. The Morgan fingerprint density at radius 1 is 1.06 bits per heavy atom. The molecule has 0 radical (unpaired) electrons. The van der Waals surface area contributed by atoms with Crippen LogP contribution < -0.4 is 11.1 Å². The lowest BCUT2D eigenvalue weighted by Gasteiger charge is -1.98. The summed E-state index contributed by atoms with van der Waals surface area (Å²) in [6, 6.07) is 8.47. The Bertz CT molecular complexity index is 378. The molecule has 0 unspecified atom stereocenters. The molecule has 0 aromatic heterocycles. The summed E-state index contributed by atoms with van der Waals surface area (Å²) in [7, 11) is 0. The number of nitrogens with one attached hydrogen (secondary N) is 1. The first kappa shape index (κ1) is 14.5. The van der Waals surface area contributed by atoms with E-state index < -0.39 is 16.4 Å². The molecule has 7 heteroatoms. The van der Waals surface area contributed by atoms with Gasteiger partial charge in [0.1, 0.15) is 0 Å². The zero-order chi connectivity index (χ0) is 12.6. The quantitative estimate of drug-likeness (QED) is 0.575. The third-order valence-electron chi connectivity index (χ3n) is 1.26. The highest BCUT2D eigenvalue weighted by Crippen LogP contribution is 1.97. The van der Waals surface area contributed by atoms with E-state index in [1.54, 1.807) is 30.3 Å². The summed E-state index contributed by atoms with van der Waals surface area (Å²) < 4.78 is 0. The summed E-state index contributed by atoms with van der Waals surface area (Å²) in [5, 5.41) is 0.757. The van der Waals surface area contributed by atoms with Crippen LogP contribution in [0.15, 0.2) is 30.3 Å². The van der Waals surface area contributed by atoms with Crippen molar-refractivity contribution in [3.8, 4) is 0 Å². The minimum Gasteiger partial charge on any atom is -0.361 e. The Kier molecular flexibility index (Phi) is 7.06. The fraction of sp³-hybridized carbons (Fsp3) is 0. The van der Waals surface area contributed by atoms with Crippen LogP contribution in [0.4, 0.5) is 9.59 Å². The van der Waals surface area contributed by atoms with Crippen LogP contribution in [-0.2, 0) is 0 Å². The van der Waals surface area contributed by atoms with Crippen LogP contribution in [0.25, 0.3) is 0 Å². The van der Waals surface area contributed by atoms with Crippen molar-refractivity contribution >= 4 is 41.6 Å². The topological polar surface area (TPSA) is 89.3 Å². The standard InChI is InChI=1S/C8H7NO2S.CH3NOS/c10-7(9-8(11)12)6-4-2-1-3-5-6;2-1(3)4/h1-5H,(H2,9,10,11,12);(H3,2,3,4). The van der Waals surface area contributed by atoms with Crippen molar-refractivity contribution in [2.75, 3.05) is 0 Å². The largest absolute Gasteiger partial charge is 0.361 e. The molecule has 16 heavy (non-hydrogen) atoms. The summed E-state index contributed by atoms with van der Waals surface area (Å²) >= 11 is 6.52. The first-order chi connectivity index (χ1) is 7.43. The summed E-state index contributed by atoms with van der Waals surface area (Å²) in [6.07, 6.45) is 0. The van der Waals surface area contributed by atoms with E-state index in [1.807, 2.05) is 5.32 Å². The Balaban J connectivity index is 0.000000487. The highest BCUT2D eigenvalue weighted by molar-refractivity contribution is 7.96. The number of rotatable bonds is 1. The van der Waals surface area contributed by atoms with Crippen LogP contribution in [0.1, 0.15) is 10.4 Å². The second-order valence-corrected chi connectivity index (χ2v) is 3.31. The maximum absolute atomic E-state index is 11.1. The minimum absolute atomic E-state index is 0.435. The predicted molar refractivity (Wildman–Crippen MR) is 66.9 cm³/mol. The van der Waals surface area contributed by atoms with Gasteiger partial charge in [-0.1, -0.05) is 43.5 Å². The second-order valence-electron chi connectivity index (χ2n) is 2.46. The monoisotopic (exact) mass is 258 g/mol.